The second-order valence-electron chi connectivity index (χ2n) is 4.25. The van der Waals surface area contributed by atoms with E-state index >= 15 is 0 Å². The van der Waals surface area contributed by atoms with E-state index in [0.29, 0.717) is 11.1 Å². The fourth-order valence-corrected chi connectivity index (χ4v) is 1.85. The second kappa shape index (κ2) is 5.35. The van der Waals surface area contributed by atoms with E-state index in [2.05, 4.69) is 0 Å². The molecule has 2 aromatic carbocycles. The molecular weight excluding hydrogens is 274 g/mol. The number of phenolic OH excluding ortho intramolecular Hbond substituents is 1. The van der Waals surface area contributed by atoms with Crippen molar-refractivity contribution in [2.45, 2.75) is 0 Å². The maximum Gasteiger partial charge on any atom is 0.335 e. The van der Waals surface area contributed by atoms with E-state index in [0.717, 1.165) is 6.07 Å². The van der Waals surface area contributed by atoms with Crippen molar-refractivity contribution in [3.05, 3.63) is 53.1 Å². The summed E-state index contributed by atoms with van der Waals surface area (Å²) in [4.78, 5) is 22.1. The van der Waals surface area contributed by atoms with E-state index in [1.165, 1.54) is 30.3 Å². The highest BCUT2D eigenvalue weighted by molar-refractivity contribution is 5.96. The van der Waals surface area contributed by atoms with E-state index < -0.39 is 11.9 Å². The summed E-state index contributed by atoms with van der Waals surface area (Å²) in [5.41, 5.74) is 0.455. The van der Waals surface area contributed by atoms with Crippen molar-refractivity contribution < 1.29 is 24.9 Å². The summed E-state index contributed by atoms with van der Waals surface area (Å²) in [5.74, 6) is -2.70. The topological polar surface area (TPSA) is 119 Å². The standard InChI is InChI=1S/C15H9NO5/c16-7-12-3-8(1-2-13(12)17)9-4-10(14(18)19)6-11(5-9)15(20)21/h1-6,17H,(H,18,19)(H,20,21). The molecule has 0 heterocycles. The Balaban J connectivity index is 2.66. The summed E-state index contributed by atoms with van der Waals surface area (Å²) in [7, 11) is 0. The largest absolute Gasteiger partial charge is 0.507 e. The van der Waals surface area contributed by atoms with Gasteiger partial charge in [0.05, 0.1) is 16.7 Å². The van der Waals surface area contributed by atoms with Crippen LogP contribution in [-0.2, 0) is 0 Å². The van der Waals surface area contributed by atoms with Crippen LogP contribution in [0.5, 0.6) is 5.75 Å². The smallest absolute Gasteiger partial charge is 0.335 e. The molecule has 0 aliphatic carbocycles. The zero-order valence-corrected chi connectivity index (χ0v) is 10.6. The van der Waals surface area contributed by atoms with Crippen LogP contribution in [0.2, 0.25) is 0 Å². The van der Waals surface area contributed by atoms with Crippen LogP contribution in [-0.4, -0.2) is 27.3 Å². The normalized spacial score (nSPS) is 9.86. The van der Waals surface area contributed by atoms with E-state index in [-0.39, 0.29) is 22.4 Å². The van der Waals surface area contributed by atoms with E-state index in [4.69, 9.17) is 15.5 Å². The summed E-state index contributed by atoms with van der Waals surface area (Å²) in [5, 5.41) is 36.4. The highest BCUT2D eigenvalue weighted by Gasteiger charge is 2.13. The molecule has 2 rings (SSSR count). The van der Waals surface area contributed by atoms with E-state index in [1.54, 1.807) is 6.07 Å². The predicted octanol–water partition coefficient (Wildman–Crippen LogP) is 2.33. The lowest BCUT2D eigenvalue weighted by molar-refractivity contribution is 0.0696. The Labute approximate surface area is 119 Å². The van der Waals surface area contributed by atoms with Crippen molar-refractivity contribution in [2.75, 3.05) is 0 Å². The number of hydrogen-bond acceptors (Lipinski definition) is 4. The van der Waals surface area contributed by atoms with Gasteiger partial charge in [0.25, 0.3) is 0 Å². The number of carboxylic acid groups (broad SMARTS) is 2. The van der Waals surface area contributed by atoms with Crippen LogP contribution in [0.4, 0.5) is 0 Å². The van der Waals surface area contributed by atoms with Crippen molar-refractivity contribution >= 4 is 11.9 Å². The minimum atomic E-state index is -1.25. The number of carbonyl (C=O) groups is 2. The molecule has 6 heteroatoms. The van der Waals surface area contributed by atoms with Gasteiger partial charge >= 0.3 is 11.9 Å². The highest BCUT2D eigenvalue weighted by Crippen LogP contribution is 2.27. The summed E-state index contributed by atoms with van der Waals surface area (Å²) in [6.45, 7) is 0. The zero-order chi connectivity index (χ0) is 15.6. The Hall–Kier alpha value is -3.33. The van der Waals surface area contributed by atoms with Gasteiger partial charge in [-0.15, -0.1) is 0 Å². The molecule has 0 fully saturated rings. The van der Waals surface area contributed by atoms with Crippen LogP contribution in [0.15, 0.2) is 36.4 Å². The Morgan fingerprint density at radius 3 is 1.95 bits per heavy atom. The molecule has 0 unspecified atom stereocenters. The minimum Gasteiger partial charge on any atom is -0.507 e. The molecule has 21 heavy (non-hydrogen) atoms. The van der Waals surface area contributed by atoms with Gasteiger partial charge in [-0.1, -0.05) is 6.07 Å². The number of carboxylic acids is 2. The Morgan fingerprint density at radius 2 is 1.48 bits per heavy atom. The summed E-state index contributed by atoms with van der Waals surface area (Å²) >= 11 is 0. The average molecular weight is 283 g/mol. The van der Waals surface area contributed by atoms with Crippen molar-refractivity contribution in [2.24, 2.45) is 0 Å². The molecule has 0 bridgehead atoms. The fourth-order valence-electron chi connectivity index (χ4n) is 1.85. The quantitative estimate of drug-likeness (QED) is 0.795. The lowest BCUT2D eigenvalue weighted by Crippen LogP contribution is -2.03. The lowest BCUT2D eigenvalue weighted by Gasteiger charge is -2.07. The number of aromatic carboxylic acids is 2. The molecule has 0 radical (unpaired) electrons. The molecule has 2 aromatic rings. The van der Waals surface area contributed by atoms with Crippen LogP contribution < -0.4 is 0 Å². The van der Waals surface area contributed by atoms with Crippen molar-refractivity contribution in [1.82, 2.24) is 0 Å². The second-order valence-corrected chi connectivity index (χ2v) is 4.25. The predicted molar refractivity (Wildman–Crippen MR) is 72.2 cm³/mol. The molecule has 0 aliphatic heterocycles. The molecular formula is C15H9NO5. The van der Waals surface area contributed by atoms with Crippen molar-refractivity contribution in [3.8, 4) is 22.9 Å². The van der Waals surface area contributed by atoms with Gasteiger partial charge in [-0.25, -0.2) is 9.59 Å². The Kier molecular flexibility index (Phi) is 3.59. The first kappa shape index (κ1) is 14.1. The molecule has 0 saturated heterocycles. The average Bonchev–Trinajstić information content (AvgIpc) is 2.47. The van der Waals surface area contributed by atoms with Gasteiger partial charge in [-0.2, -0.15) is 5.26 Å². The Bertz CT molecular complexity index is 757. The molecule has 0 amide bonds. The maximum absolute atomic E-state index is 11.1. The van der Waals surface area contributed by atoms with E-state index in [1.807, 2.05) is 0 Å². The molecule has 3 N–H and O–H groups in total. The number of nitriles is 1. The summed E-state index contributed by atoms with van der Waals surface area (Å²) in [6.07, 6.45) is 0. The highest BCUT2D eigenvalue weighted by atomic mass is 16.4. The third kappa shape index (κ3) is 2.82. The fraction of sp³-hybridized carbons (Fsp3) is 0. The van der Waals surface area contributed by atoms with Crippen LogP contribution in [0, 0.1) is 11.3 Å². The Morgan fingerprint density at radius 1 is 0.905 bits per heavy atom. The molecule has 6 nitrogen and oxygen atoms in total. The first-order valence-electron chi connectivity index (χ1n) is 5.77. The SMILES string of the molecule is N#Cc1cc(-c2cc(C(=O)O)cc(C(=O)O)c2)ccc1O. The first-order valence-corrected chi connectivity index (χ1v) is 5.77. The molecule has 0 aromatic heterocycles. The van der Waals surface area contributed by atoms with Gasteiger partial charge in [0.2, 0.25) is 0 Å². The van der Waals surface area contributed by atoms with Gasteiger partial charge in [-0.05, 0) is 41.5 Å². The maximum atomic E-state index is 11.1. The minimum absolute atomic E-state index is 0.0186. The van der Waals surface area contributed by atoms with Gasteiger partial charge in [0.1, 0.15) is 11.8 Å². The van der Waals surface area contributed by atoms with Crippen LogP contribution in [0.1, 0.15) is 26.3 Å². The number of benzene rings is 2. The van der Waals surface area contributed by atoms with Crippen molar-refractivity contribution in [3.63, 3.8) is 0 Å². The van der Waals surface area contributed by atoms with Gasteiger partial charge in [0.15, 0.2) is 0 Å². The summed E-state index contributed by atoms with van der Waals surface area (Å²) in [6, 6.07) is 9.60. The zero-order valence-electron chi connectivity index (χ0n) is 10.6. The number of phenols is 1. The van der Waals surface area contributed by atoms with Crippen molar-refractivity contribution in [1.29, 1.82) is 5.26 Å². The number of aromatic hydroxyl groups is 1. The molecule has 0 atom stereocenters. The van der Waals surface area contributed by atoms with Gasteiger partial charge < -0.3 is 15.3 Å². The first-order chi connectivity index (χ1) is 9.92. The molecule has 0 saturated carbocycles. The van der Waals surface area contributed by atoms with Gasteiger partial charge in [-0.3, -0.25) is 0 Å². The lowest BCUT2D eigenvalue weighted by atomic mass is 9.98. The monoisotopic (exact) mass is 283 g/mol. The van der Waals surface area contributed by atoms with Crippen LogP contribution in [0.25, 0.3) is 11.1 Å². The van der Waals surface area contributed by atoms with Gasteiger partial charge in [0, 0.05) is 0 Å². The number of rotatable bonds is 3. The molecule has 104 valence electrons. The molecule has 0 spiro atoms. The summed E-state index contributed by atoms with van der Waals surface area (Å²) < 4.78 is 0. The van der Waals surface area contributed by atoms with Crippen LogP contribution in [0.3, 0.4) is 0 Å². The third-order valence-corrected chi connectivity index (χ3v) is 2.88. The molecule has 0 aliphatic rings. The van der Waals surface area contributed by atoms with E-state index in [9.17, 15) is 14.7 Å². The number of hydrogen-bond donors (Lipinski definition) is 3. The number of nitrogens with zero attached hydrogens (tertiary/aromatic N) is 1. The van der Waals surface area contributed by atoms with Crippen LogP contribution >= 0.6 is 0 Å². The third-order valence-electron chi connectivity index (χ3n) is 2.88.